The highest BCUT2D eigenvalue weighted by molar-refractivity contribution is 8.00. The summed E-state index contributed by atoms with van der Waals surface area (Å²) in [5.41, 5.74) is 2.06. The van der Waals surface area contributed by atoms with E-state index in [1.807, 2.05) is 35.2 Å². The lowest BCUT2D eigenvalue weighted by Gasteiger charge is -2.35. The second-order valence-corrected chi connectivity index (χ2v) is 9.75. The average molecular weight is 529 g/mol. The number of halogens is 1. The van der Waals surface area contributed by atoms with Crippen molar-refractivity contribution in [3.8, 4) is 0 Å². The topological polar surface area (TPSA) is 98.2 Å². The molecular formula is C27H29ClN2O5S. The fraction of sp³-hybridized carbons (Fsp3) is 0.296. The number of carbonyl (C=O) groups is 3. The Bertz CT molecular complexity index is 1220. The number of thioether (sulfide) groups is 1. The van der Waals surface area contributed by atoms with Gasteiger partial charge in [-0.25, -0.2) is 9.59 Å². The summed E-state index contributed by atoms with van der Waals surface area (Å²) < 4.78 is 0. The van der Waals surface area contributed by atoms with E-state index in [0.717, 1.165) is 54.1 Å². The van der Waals surface area contributed by atoms with Crippen LogP contribution < -0.4 is 4.90 Å². The fourth-order valence-corrected chi connectivity index (χ4v) is 5.48. The summed E-state index contributed by atoms with van der Waals surface area (Å²) in [7, 11) is 0. The van der Waals surface area contributed by atoms with Crippen molar-refractivity contribution >= 4 is 57.7 Å². The first kappa shape index (κ1) is 27.5. The van der Waals surface area contributed by atoms with E-state index in [1.54, 1.807) is 11.8 Å². The number of aliphatic carboxylic acids is 2. The lowest BCUT2D eigenvalue weighted by molar-refractivity contribution is -0.159. The molecular weight excluding hydrogens is 500 g/mol. The maximum absolute atomic E-state index is 13.7. The first-order valence-corrected chi connectivity index (χ1v) is 13.0. The molecule has 1 heterocycles. The highest BCUT2D eigenvalue weighted by Crippen LogP contribution is 2.49. The lowest BCUT2D eigenvalue weighted by Crippen LogP contribution is -2.39. The highest BCUT2D eigenvalue weighted by Gasteiger charge is 2.35. The van der Waals surface area contributed by atoms with E-state index in [2.05, 4.69) is 49.1 Å². The largest absolute Gasteiger partial charge is 0.473 e. The van der Waals surface area contributed by atoms with Gasteiger partial charge in [-0.1, -0.05) is 67.9 Å². The second kappa shape index (κ2) is 12.8. The molecule has 3 aromatic carbocycles. The van der Waals surface area contributed by atoms with Crippen molar-refractivity contribution in [2.45, 2.75) is 30.4 Å². The molecule has 0 radical (unpaired) electrons. The maximum atomic E-state index is 13.7. The molecule has 4 rings (SSSR count). The Morgan fingerprint density at radius 1 is 0.972 bits per heavy atom. The van der Waals surface area contributed by atoms with Crippen LogP contribution in [-0.2, 0) is 14.4 Å². The summed E-state index contributed by atoms with van der Waals surface area (Å²) in [4.78, 5) is 37.5. The Morgan fingerprint density at radius 3 is 2.22 bits per heavy atom. The standard InChI is InChI=1S/C25H27ClN2OS.C2H2O4/c1-3-27(4-2)16-7-17-28-23-21-9-6-5-8-18(21)12-15-22(23)30-24(25(28)29)19-10-13-20(26)14-11-19;3-1(4)2(5)6/h5-6,8-15,24H,3-4,7,16-17H2,1-2H3;(H,3,4)(H,5,6). The predicted molar refractivity (Wildman–Crippen MR) is 144 cm³/mol. The molecule has 0 aromatic heterocycles. The summed E-state index contributed by atoms with van der Waals surface area (Å²) in [6.45, 7) is 8.16. The van der Waals surface area contributed by atoms with Gasteiger partial charge in [-0.05, 0) is 55.2 Å². The van der Waals surface area contributed by atoms with Gasteiger partial charge in [-0.2, -0.15) is 0 Å². The molecule has 0 spiro atoms. The van der Waals surface area contributed by atoms with E-state index < -0.39 is 11.9 Å². The van der Waals surface area contributed by atoms with Crippen LogP contribution in [0.5, 0.6) is 0 Å². The summed E-state index contributed by atoms with van der Waals surface area (Å²) in [6, 6.07) is 20.3. The summed E-state index contributed by atoms with van der Waals surface area (Å²) in [6.07, 6.45) is 0.952. The molecule has 2 N–H and O–H groups in total. The van der Waals surface area contributed by atoms with Crippen molar-refractivity contribution < 1.29 is 24.6 Å². The van der Waals surface area contributed by atoms with E-state index in [0.29, 0.717) is 5.02 Å². The number of carboxylic acids is 2. The number of hydrogen-bond acceptors (Lipinski definition) is 5. The zero-order valence-corrected chi connectivity index (χ0v) is 21.8. The van der Waals surface area contributed by atoms with E-state index >= 15 is 0 Å². The number of amides is 1. The molecule has 0 saturated heterocycles. The number of nitrogens with zero attached hydrogens (tertiary/aromatic N) is 2. The minimum Gasteiger partial charge on any atom is -0.473 e. The number of anilines is 1. The van der Waals surface area contributed by atoms with Gasteiger partial charge in [-0.15, -0.1) is 11.8 Å². The van der Waals surface area contributed by atoms with Crippen molar-refractivity contribution in [3.63, 3.8) is 0 Å². The van der Waals surface area contributed by atoms with Crippen LogP contribution in [0.15, 0.2) is 65.6 Å². The molecule has 7 nitrogen and oxygen atoms in total. The number of benzene rings is 3. The van der Waals surface area contributed by atoms with Crippen LogP contribution in [0.2, 0.25) is 5.02 Å². The minimum absolute atomic E-state index is 0.158. The van der Waals surface area contributed by atoms with Crippen molar-refractivity contribution in [2.24, 2.45) is 0 Å². The Hall–Kier alpha value is -3.07. The summed E-state index contributed by atoms with van der Waals surface area (Å²) in [5.74, 6) is -3.49. The van der Waals surface area contributed by atoms with E-state index in [9.17, 15) is 4.79 Å². The maximum Gasteiger partial charge on any atom is 0.414 e. The van der Waals surface area contributed by atoms with Gasteiger partial charge in [-0.3, -0.25) is 4.79 Å². The van der Waals surface area contributed by atoms with Gasteiger partial charge in [0.2, 0.25) is 5.91 Å². The van der Waals surface area contributed by atoms with Gasteiger partial charge in [0.1, 0.15) is 5.25 Å². The quantitative estimate of drug-likeness (QED) is 0.387. The van der Waals surface area contributed by atoms with Crippen LogP contribution in [0.25, 0.3) is 10.8 Å². The monoisotopic (exact) mass is 528 g/mol. The molecule has 36 heavy (non-hydrogen) atoms. The number of rotatable bonds is 7. The van der Waals surface area contributed by atoms with Crippen molar-refractivity contribution in [3.05, 3.63) is 71.2 Å². The zero-order chi connectivity index (χ0) is 26.2. The molecule has 1 amide bonds. The molecule has 3 aromatic rings. The van der Waals surface area contributed by atoms with E-state index in [1.165, 1.54) is 5.39 Å². The Kier molecular flexibility index (Phi) is 9.75. The third kappa shape index (κ3) is 6.57. The molecule has 0 bridgehead atoms. The Labute approximate surface area is 219 Å². The van der Waals surface area contributed by atoms with Crippen molar-refractivity contribution in [1.29, 1.82) is 0 Å². The molecule has 9 heteroatoms. The molecule has 1 aliphatic heterocycles. The fourth-order valence-electron chi connectivity index (χ4n) is 4.10. The number of carbonyl (C=O) groups excluding carboxylic acids is 1. The van der Waals surface area contributed by atoms with Gasteiger partial charge >= 0.3 is 11.9 Å². The summed E-state index contributed by atoms with van der Waals surface area (Å²) in [5, 5.41) is 17.5. The Balaban J connectivity index is 0.000000538. The van der Waals surface area contributed by atoms with Gasteiger partial charge in [0, 0.05) is 21.8 Å². The highest BCUT2D eigenvalue weighted by atomic mass is 35.5. The molecule has 0 aliphatic carbocycles. The molecule has 1 unspecified atom stereocenters. The van der Waals surface area contributed by atoms with Gasteiger partial charge in [0.25, 0.3) is 0 Å². The van der Waals surface area contributed by atoms with Gasteiger partial charge in [0.05, 0.1) is 5.69 Å². The molecule has 1 atom stereocenters. The SMILES string of the molecule is CCN(CC)CCCN1C(=O)C(c2ccc(Cl)cc2)Sc2ccc3ccccc3c21.O=C(O)C(=O)O. The first-order valence-electron chi connectivity index (χ1n) is 11.7. The molecule has 0 saturated carbocycles. The minimum atomic E-state index is -1.82. The average Bonchev–Trinajstić information content (AvgIpc) is 2.88. The van der Waals surface area contributed by atoms with Gasteiger partial charge in [0.15, 0.2) is 0 Å². The predicted octanol–water partition coefficient (Wildman–Crippen LogP) is 5.56. The number of hydrogen-bond donors (Lipinski definition) is 2. The van der Waals surface area contributed by atoms with Gasteiger partial charge < -0.3 is 20.0 Å². The lowest BCUT2D eigenvalue weighted by atomic mass is 10.1. The smallest absolute Gasteiger partial charge is 0.414 e. The van der Waals surface area contributed by atoms with Crippen LogP contribution >= 0.6 is 23.4 Å². The Morgan fingerprint density at radius 2 is 1.61 bits per heavy atom. The van der Waals surface area contributed by atoms with Crippen LogP contribution in [0, 0.1) is 0 Å². The first-order chi connectivity index (χ1) is 17.3. The molecule has 0 fully saturated rings. The zero-order valence-electron chi connectivity index (χ0n) is 20.2. The third-order valence-corrected chi connectivity index (χ3v) is 7.52. The van der Waals surface area contributed by atoms with Crippen LogP contribution in [-0.4, -0.2) is 59.1 Å². The van der Waals surface area contributed by atoms with Crippen LogP contribution in [0.3, 0.4) is 0 Å². The van der Waals surface area contributed by atoms with Crippen molar-refractivity contribution in [1.82, 2.24) is 4.90 Å². The summed E-state index contributed by atoms with van der Waals surface area (Å²) >= 11 is 7.73. The van der Waals surface area contributed by atoms with Crippen molar-refractivity contribution in [2.75, 3.05) is 31.1 Å². The number of carboxylic acid groups (broad SMARTS) is 2. The normalized spacial score (nSPS) is 14.8. The molecule has 190 valence electrons. The third-order valence-electron chi connectivity index (χ3n) is 5.97. The number of fused-ring (bicyclic) bond motifs is 3. The second-order valence-electron chi connectivity index (χ2n) is 8.16. The van der Waals surface area contributed by atoms with E-state index in [-0.39, 0.29) is 11.2 Å². The molecule has 1 aliphatic rings. The van der Waals surface area contributed by atoms with Crippen LogP contribution in [0.1, 0.15) is 31.1 Å². The van der Waals surface area contributed by atoms with E-state index in [4.69, 9.17) is 31.4 Å². The van der Waals surface area contributed by atoms with Crippen LogP contribution in [0.4, 0.5) is 5.69 Å².